The summed E-state index contributed by atoms with van der Waals surface area (Å²) in [5, 5.41) is 3.01. The molecule has 2 N–H and O–H groups in total. The number of hydrogen-bond donors (Lipinski definition) is 2. The number of aromatic amines is 1. The van der Waals surface area contributed by atoms with Gasteiger partial charge in [0.1, 0.15) is 11.8 Å². The van der Waals surface area contributed by atoms with E-state index in [1.807, 2.05) is 25.2 Å². The Morgan fingerprint density at radius 3 is 2.72 bits per heavy atom. The SMILES string of the molecule is CN(CC(=O)NCC(C)(C)c1ccccc1)c1ncnc2nc[nH]c12. The lowest BCUT2D eigenvalue weighted by Crippen LogP contribution is -2.41. The van der Waals surface area contributed by atoms with Crippen LogP contribution in [0.2, 0.25) is 0 Å². The third kappa shape index (κ3) is 3.76. The smallest absolute Gasteiger partial charge is 0.239 e. The lowest BCUT2D eigenvalue weighted by Gasteiger charge is -2.26. The van der Waals surface area contributed by atoms with Gasteiger partial charge in [-0.2, -0.15) is 0 Å². The zero-order valence-electron chi connectivity index (χ0n) is 14.7. The topological polar surface area (TPSA) is 86.8 Å². The Labute approximate surface area is 146 Å². The van der Waals surface area contributed by atoms with Crippen LogP contribution in [0.1, 0.15) is 19.4 Å². The molecular formula is C18H22N6O. The lowest BCUT2D eigenvalue weighted by atomic mass is 9.84. The van der Waals surface area contributed by atoms with Gasteiger partial charge in [-0.3, -0.25) is 4.79 Å². The summed E-state index contributed by atoms with van der Waals surface area (Å²) in [5.41, 5.74) is 2.37. The monoisotopic (exact) mass is 338 g/mol. The molecule has 0 saturated heterocycles. The minimum Gasteiger partial charge on any atom is -0.354 e. The van der Waals surface area contributed by atoms with E-state index in [1.165, 1.54) is 11.9 Å². The standard InChI is InChI=1S/C18H22N6O/c1-18(2,13-7-5-4-6-8-13)10-19-14(25)9-24(3)17-15-16(21-11-20-15)22-12-23-17/h4-8,11-12H,9-10H2,1-3H3,(H,19,25)(H,20,21,22,23). The van der Waals surface area contributed by atoms with Crippen LogP contribution in [0.25, 0.3) is 11.2 Å². The number of imidazole rings is 1. The van der Waals surface area contributed by atoms with Crippen molar-refractivity contribution in [3.63, 3.8) is 0 Å². The molecule has 0 radical (unpaired) electrons. The molecule has 0 aliphatic rings. The van der Waals surface area contributed by atoms with Crippen molar-refractivity contribution in [1.82, 2.24) is 25.3 Å². The number of aromatic nitrogens is 4. The number of rotatable bonds is 6. The van der Waals surface area contributed by atoms with E-state index in [4.69, 9.17) is 0 Å². The van der Waals surface area contributed by atoms with Gasteiger partial charge in [-0.05, 0) is 5.56 Å². The number of likely N-dealkylation sites (N-methyl/N-ethyl adjacent to an activating group) is 1. The van der Waals surface area contributed by atoms with E-state index in [-0.39, 0.29) is 17.9 Å². The number of anilines is 1. The first-order valence-corrected chi connectivity index (χ1v) is 8.15. The van der Waals surface area contributed by atoms with E-state index in [2.05, 4.69) is 51.2 Å². The quantitative estimate of drug-likeness (QED) is 0.717. The normalized spacial score (nSPS) is 11.5. The van der Waals surface area contributed by atoms with E-state index in [0.717, 1.165) is 5.52 Å². The predicted molar refractivity (Wildman–Crippen MR) is 97.4 cm³/mol. The van der Waals surface area contributed by atoms with Crippen molar-refractivity contribution in [2.75, 3.05) is 25.0 Å². The molecule has 130 valence electrons. The second-order valence-electron chi connectivity index (χ2n) is 6.68. The number of benzene rings is 1. The minimum absolute atomic E-state index is 0.0576. The van der Waals surface area contributed by atoms with Crippen molar-refractivity contribution < 1.29 is 4.79 Å². The van der Waals surface area contributed by atoms with Crippen LogP contribution < -0.4 is 10.2 Å². The molecule has 25 heavy (non-hydrogen) atoms. The van der Waals surface area contributed by atoms with Crippen LogP contribution in [-0.2, 0) is 10.2 Å². The molecule has 3 aromatic rings. The van der Waals surface area contributed by atoms with E-state index >= 15 is 0 Å². The van der Waals surface area contributed by atoms with Gasteiger partial charge in [0, 0.05) is 19.0 Å². The highest BCUT2D eigenvalue weighted by Gasteiger charge is 2.21. The summed E-state index contributed by atoms with van der Waals surface area (Å²) in [6.07, 6.45) is 3.02. The molecule has 7 nitrogen and oxygen atoms in total. The first kappa shape index (κ1) is 16.9. The Kier molecular flexibility index (Phi) is 4.65. The van der Waals surface area contributed by atoms with Gasteiger partial charge in [0.15, 0.2) is 11.5 Å². The highest BCUT2D eigenvalue weighted by Crippen LogP contribution is 2.22. The van der Waals surface area contributed by atoms with Crippen LogP contribution >= 0.6 is 0 Å². The average Bonchev–Trinajstić information content (AvgIpc) is 3.09. The minimum atomic E-state index is -0.138. The van der Waals surface area contributed by atoms with Gasteiger partial charge in [0.2, 0.25) is 5.91 Å². The van der Waals surface area contributed by atoms with Crippen molar-refractivity contribution in [3.05, 3.63) is 48.5 Å². The first-order valence-electron chi connectivity index (χ1n) is 8.15. The maximum atomic E-state index is 12.4. The van der Waals surface area contributed by atoms with Crippen molar-refractivity contribution in [2.45, 2.75) is 19.3 Å². The van der Waals surface area contributed by atoms with Gasteiger partial charge in [-0.15, -0.1) is 0 Å². The summed E-state index contributed by atoms with van der Waals surface area (Å²) in [6, 6.07) is 10.2. The molecule has 0 aliphatic heterocycles. The predicted octanol–water partition coefficient (Wildman–Crippen LogP) is 1.88. The second-order valence-corrected chi connectivity index (χ2v) is 6.68. The molecule has 0 saturated carbocycles. The number of carbonyl (C=O) groups excluding carboxylic acids is 1. The number of nitrogens with one attached hydrogen (secondary N) is 2. The number of H-pyrrole nitrogens is 1. The fraction of sp³-hybridized carbons (Fsp3) is 0.333. The molecule has 1 aromatic carbocycles. The molecule has 1 amide bonds. The molecule has 2 heterocycles. The molecule has 7 heteroatoms. The van der Waals surface area contributed by atoms with Crippen molar-refractivity contribution >= 4 is 22.9 Å². The Morgan fingerprint density at radius 1 is 1.20 bits per heavy atom. The van der Waals surface area contributed by atoms with Crippen LogP contribution in [0, 0.1) is 0 Å². The molecule has 0 atom stereocenters. The van der Waals surface area contributed by atoms with E-state index in [1.54, 1.807) is 11.2 Å². The molecule has 3 rings (SSSR count). The lowest BCUT2D eigenvalue weighted by molar-refractivity contribution is -0.119. The maximum Gasteiger partial charge on any atom is 0.239 e. The van der Waals surface area contributed by atoms with Gasteiger partial charge >= 0.3 is 0 Å². The van der Waals surface area contributed by atoms with Gasteiger partial charge in [0.05, 0.1) is 12.9 Å². The van der Waals surface area contributed by atoms with Crippen LogP contribution in [0.4, 0.5) is 5.82 Å². The number of hydrogen-bond acceptors (Lipinski definition) is 5. The van der Waals surface area contributed by atoms with Gasteiger partial charge in [-0.1, -0.05) is 44.2 Å². The Balaban J connectivity index is 1.62. The Morgan fingerprint density at radius 2 is 1.96 bits per heavy atom. The number of fused-ring (bicyclic) bond motifs is 1. The van der Waals surface area contributed by atoms with Crippen molar-refractivity contribution in [1.29, 1.82) is 0 Å². The van der Waals surface area contributed by atoms with E-state index in [0.29, 0.717) is 18.0 Å². The molecular weight excluding hydrogens is 316 g/mol. The van der Waals surface area contributed by atoms with Gasteiger partial charge in [-0.25, -0.2) is 15.0 Å². The number of nitrogens with zero attached hydrogens (tertiary/aromatic N) is 4. The summed E-state index contributed by atoms with van der Waals surface area (Å²) in [7, 11) is 1.82. The van der Waals surface area contributed by atoms with Gasteiger partial charge in [0.25, 0.3) is 0 Å². The largest absolute Gasteiger partial charge is 0.354 e. The maximum absolute atomic E-state index is 12.4. The molecule has 2 aromatic heterocycles. The van der Waals surface area contributed by atoms with Crippen molar-refractivity contribution in [3.8, 4) is 0 Å². The van der Waals surface area contributed by atoms with Crippen LogP contribution in [-0.4, -0.2) is 46.0 Å². The fourth-order valence-corrected chi connectivity index (χ4v) is 2.70. The molecule has 0 unspecified atom stereocenters. The number of amides is 1. The van der Waals surface area contributed by atoms with Crippen LogP contribution in [0.3, 0.4) is 0 Å². The molecule has 0 aliphatic carbocycles. The summed E-state index contributed by atoms with van der Waals surface area (Å²) in [5.74, 6) is 0.595. The molecule has 0 bridgehead atoms. The zero-order valence-corrected chi connectivity index (χ0v) is 14.7. The van der Waals surface area contributed by atoms with Crippen LogP contribution in [0.5, 0.6) is 0 Å². The third-order valence-corrected chi connectivity index (χ3v) is 4.23. The highest BCUT2D eigenvalue weighted by atomic mass is 16.2. The second kappa shape index (κ2) is 6.88. The average molecular weight is 338 g/mol. The van der Waals surface area contributed by atoms with E-state index in [9.17, 15) is 4.79 Å². The summed E-state index contributed by atoms with van der Waals surface area (Å²) in [4.78, 5) is 29.6. The zero-order chi connectivity index (χ0) is 17.9. The fourth-order valence-electron chi connectivity index (χ4n) is 2.70. The highest BCUT2D eigenvalue weighted by molar-refractivity contribution is 5.87. The van der Waals surface area contributed by atoms with Crippen molar-refractivity contribution in [2.24, 2.45) is 0 Å². The first-order chi connectivity index (χ1) is 12.0. The molecule has 0 spiro atoms. The van der Waals surface area contributed by atoms with E-state index < -0.39 is 0 Å². The molecule has 0 fully saturated rings. The Hall–Kier alpha value is -2.96. The van der Waals surface area contributed by atoms with Crippen LogP contribution in [0.15, 0.2) is 43.0 Å². The summed E-state index contributed by atoms with van der Waals surface area (Å²) < 4.78 is 0. The summed E-state index contributed by atoms with van der Waals surface area (Å²) >= 11 is 0. The van der Waals surface area contributed by atoms with Gasteiger partial charge < -0.3 is 15.2 Å². The summed E-state index contributed by atoms with van der Waals surface area (Å²) in [6.45, 7) is 5.00. The number of carbonyl (C=O) groups is 1. The Bertz CT molecular complexity index is 858. The third-order valence-electron chi connectivity index (χ3n) is 4.23.